The van der Waals surface area contributed by atoms with Gasteiger partial charge in [0.25, 0.3) is 0 Å². The van der Waals surface area contributed by atoms with Crippen LogP contribution >= 0.6 is 0 Å². The topological polar surface area (TPSA) is 76.1 Å². The van der Waals surface area contributed by atoms with Crippen LogP contribution in [0.2, 0.25) is 0 Å². The molecule has 1 fully saturated rings. The van der Waals surface area contributed by atoms with Crippen molar-refractivity contribution in [2.45, 2.75) is 142 Å². The highest BCUT2D eigenvalue weighted by Crippen LogP contribution is 2.24. The average Bonchev–Trinajstić information content (AvgIpc) is 3.41. The first-order chi connectivity index (χ1) is 17.6. The SMILES string of the molecule is CCCCCCCC(=O)OCC(CCCCN(CCO)C1CCCC1)COC(=O)CCCCCCC. The van der Waals surface area contributed by atoms with Gasteiger partial charge in [-0.2, -0.15) is 0 Å². The van der Waals surface area contributed by atoms with E-state index in [-0.39, 0.29) is 24.5 Å². The van der Waals surface area contributed by atoms with E-state index >= 15 is 0 Å². The van der Waals surface area contributed by atoms with Crippen LogP contribution in [0.3, 0.4) is 0 Å². The van der Waals surface area contributed by atoms with Crippen LogP contribution in [0.1, 0.15) is 136 Å². The molecule has 1 aliphatic carbocycles. The summed E-state index contributed by atoms with van der Waals surface area (Å²) in [5, 5.41) is 9.46. The molecule has 0 unspecified atom stereocenters. The lowest BCUT2D eigenvalue weighted by Gasteiger charge is -2.28. The molecule has 0 aliphatic heterocycles. The number of esters is 2. The van der Waals surface area contributed by atoms with Gasteiger partial charge in [-0.05, 0) is 45.1 Å². The van der Waals surface area contributed by atoms with Crippen molar-refractivity contribution >= 4 is 11.9 Å². The number of rotatable bonds is 24. The van der Waals surface area contributed by atoms with Crippen LogP contribution in [0.5, 0.6) is 0 Å². The molecular formula is C30H57NO5. The summed E-state index contributed by atoms with van der Waals surface area (Å²) in [6.45, 7) is 7.00. The van der Waals surface area contributed by atoms with Crippen molar-refractivity contribution < 1.29 is 24.2 Å². The molecule has 6 heteroatoms. The fourth-order valence-electron chi connectivity index (χ4n) is 5.15. The van der Waals surface area contributed by atoms with Gasteiger partial charge in [-0.1, -0.05) is 84.5 Å². The highest BCUT2D eigenvalue weighted by Gasteiger charge is 2.22. The van der Waals surface area contributed by atoms with E-state index in [0.717, 1.165) is 58.0 Å². The fraction of sp³-hybridized carbons (Fsp3) is 0.933. The molecular weight excluding hydrogens is 454 g/mol. The molecule has 0 spiro atoms. The summed E-state index contributed by atoms with van der Waals surface area (Å²) in [6.07, 6.45) is 20.1. The third kappa shape index (κ3) is 17.3. The molecule has 0 bridgehead atoms. The number of aliphatic hydroxyl groups excluding tert-OH is 1. The Morgan fingerprint density at radius 3 is 1.78 bits per heavy atom. The van der Waals surface area contributed by atoms with Gasteiger partial charge in [-0.15, -0.1) is 0 Å². The Morgan fingerprint density at radius 2 is 1.28 bits per heavy atom. The van der Waals surface area contributed by atoms with Crippen molar-refractivity contribution in [3.05, 3.63) is 0 Å². The smallest absolute Gasteiger partial charge is 0.305 e. The van der Waals surface area contributed by atoms with Crippen LogP contribution in [0.25, 0.3) is 0 Å². The summed E-state index contributed by atoms with van der Waals surface area (Å²) >= 11 is 0. The van der Waals surface area contributed by atoms with Gasteiger partial charge >= 0.3 is 11.9 Å². The fourth-order valence-corrected chi connectivity index (χ4v) is 5.15. The zero-order valence-corrected chi connectivity index (χ0v) is 23.7. The number of nitrogens with zero attached hydrogens (tertiary/aromatic N) is 1. The van der Waals surface area contributed by atoms with Crippen LogP contribution < -0.4 is 0 Å². The molecule has 0 radical (unpaired) electrons. The van der Waals surface area contributed by atoms with Gasteiger partial charge < -0.3 is 14.6 Å². The number of carbonyl (C=O) groups excluding carboxylic acids is 2. The molecule has 0 amide bonds. The number of hydrogen-bond acceptors (Lipinski definition) is 6. The monoisotopic (exact) mass is 511 g/mol. The minimum atomic E-state index is -0.130. The van der Waals surface area contributed by atoms with Crippen LogP contribution in [0.4, 0.5) is 0 Å². The lowest BCUT2D eigenvalue weighted by Crippen LogP contribution is -2.36. The van der Waals surface area contributed by atoms with Gasteiger partial charge in [0.05, 0.1) is 19.8 Å². The maximum absolute atomic E-state index is 12.2. The van der Waals surface area contributed by atoms with E-state index in [2.05, 4.69) is 18.7 Å². The third-order valence-corrected chi connectivity index (χ3v) is 7.46. The van der Waals surface area contributed by atoms with E-state index in [1.807, 2.05) is 0 Å². The molecule has 36 heavy (non-hydrogen) atoms. The molecule has 0 aromatic rings. The maximum atomic E-state index is 12.2. The first-order valence-electron chi connectivity index (χ1n) is 15.3. The number of unbranched alkanes of at least 4 members (excludes halogenated alkanes) is 9. The Bertz CT molecular complexity index is 505. The Hall–Kier alpha value is -1.14. The van der Waals surface area contributed by atoms with E-state index in [9.17, 15) is 14.7 Å². The van der Waals surface area contributed by atoms with Gasteiger partial charge in [0.1, 0.15) is 0 Å². The van der Waals surface area contributed by atoms with E-state index in [1.165, 1.54) is 64.2 Å². The number of aliphatic hydroxyl groups is 1. The molecule has 0 atom stereocenters. The second kappa shape index (κ2) is 23.0. The van der Waals surface area contributed by atoms with Gasteiger partial charge in [-0.25, -0.2) is 0 Å². The van der Waals surface area contributed by atoms with Gasteiger partial charge in [0, 0.05) is 31.3 Å². The number of ether oxygens (including phenoxy) is 2. The average molecular weight is 512 g/mol. The first kappa shape index (κ1) is 32.9. The molecule has 0 aromatic heterocycles. The Balaban J connectivity index is 2.39. The summed E-state index contributed by atoms with van der Waals surface area (Å²) in [6, 6.07) is 0.615. The third-order valence-electron chi connectivity index (χ3n) is 7.46. The van der Waals surface area contributed by atoms with Gasteiger partial charge in [-0.3, -0.25) is 14.5 Å². The lowest BCUT2D eigenvalue weighted by atomic mass is 10.0. The van der Waals surface area contributed by atoms with Crippen molar-refractivity contribution in [2.24, 2.45) is 5.92 Å². The molecule has 1 N–H and O–H groups in total. The highest BCUT2D eigenvalue weighted by molar-refractivity contribution is 5.69. The summed E-state index contributed by atoms with van der Waals surface area (Å²) in [4.78, 5) is 26.9. The highest BCUT2D eigenvalue weighted by atomic mass is 16.5. The number of carbonyl (C=O) groups is 2. The summed E-state index contributed by atoms with van der Waals surface area (Å²) in [7, 11) is 0. The number of hydrogen-bond donors (Lipinski definition) is 1. The van der Waals surface area contributed by atoms with Crippen molar-refractivity contribution in [3.63, 3.8) is 0 Å². The molecule has 1 aliphatic rings. The molecule has 0 aromatic carbocycles. The second-order valence-electron chi connectivity index (χ2n) is 10.8. The zero-order valence-electron chi connectivity index (χ0n) is 23.7. The molecule has 1 rings (SSSR count). The molecule has 0 heterocycles. The van der Waals surface area contributed by atoms with Crippen LogP contribution in [0.15, 0.2) is 0 Å². The minimum Gasteiger partial charge on any atom is -0.465 e. The van der Waals surface area contributed by atoms with Crippen molar-refractivity contribution in [3.8, 4) is 0 Å². The first-order valence-corrected chi connectivity index (χ1v) is 15.3. The standard InChI is InChI=1S/C30H57NO5/c1-3-5-7-9-11-20-29(33)35-25-27(26-36-30(34)21-12-10-8-6-4-2)17-15-16-22-31(23-24-32)28-18-13-14-19-28/h27-28,32H,3-26H2,1-2H3. The van der Waals surface area contributed by atoms with Crippen molar-refractivity contribution in [1.29, 1.82) is 0 Å². The predicted octanol–water partition coefficient (Wildman–Crippen LogP) is 6.82. The largest absolute Gasteiger partial charge is 0.465 e. The summed E-state index contributed by atoms with van der Waals surface area (Å²) < 4.78 is 11.2. The normalized spacial score (nSPS) is 14.1. The molecule has 0 saturated heterocycles. The van der Waals surface area contributed by atoms with E-state index < -0.39 is 0 Å². The summed E-state index contributed by atoms with van der Waals surface area (Å²) in [5.74, 6) is -0.209. The predicted molar refractivity (Wildman–Crippen MR) is 147 cm³/mol. The van der Waals surface area contributed by atoms with Gasteiger partial charge in [0.15, 0.2) is 0 Å². The second-order valence-corrected chi connectivity index (χ2v) is 10.8. The van der Waals surface area contributed by atoms with Crippen LogP contribution in [-0.2, 0) is 19.1 Å². The Morgan fingerprint density at radius 1 is 0.750 bits per heavy atom. The van der Waals surface area contributed by atoms with E-state index in [4.69, 9.17) is 9.47 Å². The molecule has 6 nitrogen and oxygen atoms in total. The molecule has 1 saturated carbocycles. The Labute approximate surface area is 221 Å². The lowest BCUT2D eigenvalue weighted by molar-refractivity contribution is -0.149. The zero-order chi connectivity index (χ0) is 26.3. The van der Waals surface area contributed by atoms with Crippen molar-refractivity contribution in [1.82, 2.24) is 4.90 Å². The van der Waals surface area contributed by atoms with E-state index in [1.54, 1.807) is 0 Å². The van der Waals surface area contributed by atoms with Crippen molar-refractivity contribution in [2.75, 3.05) is 32.9 Å². The Kier molecular flexibility index (Phi) is 21.0. The quantitative estimate of drug-likeness (QED) is 0.113. The van der Waals surface area contributed by atoms with Gasteiger partial charge in [0.2, 0.25) is 0 Å². The van der Waals surface area contributed by atoms with Crippen LogP contribution in [0, 0.1) is 5.92 Å². The molecule has 212 valence electrons. The van der Waals surface area contributed by atoms with E-state index in [0.29, 0.717) is 32.1 Å². The van der Waals surface area contributed by atoms with Crippen LogP contribution in [-0.4, -0.2) is 60.9 Å². The minimum absolute atomic E-state index is 0.0517. The summed E-state index contributed by atoms with van der Waals surface area (Å²) in [5.41, 5.74) is 0. The maximum Gasteiger partial charge on any atom is 0.305 e.